The van der Waals surface area contributed by atoms with E-state index in [-0.39, 0.29) is 17.5 Å². The van der Waals surface area contributed by atoms with Crippen LogP contribution in [0.25, 0.3) is 0 Å². The molecule has 2 aromatic rings. The first-order valence-electron chi connectivity index (χ1n) is 7.08. The van der Waals surface area contributed by atoms with Gasteiger partial charge in [0.25, 0.3) is 0 Å². The summed E-state index contributed by atoms with van der Waals surface area (Å²) < 4.78 is 5.31. The Morgan fingerprint density at radius 1 is 1.14 bits per heavy atom. The Morgan fingerprint density at radius 3 is 2.76 bits per heavy atom. The zero-order chi connectivity index (χ0) is 14.8. The predicted molar refractivity (Wildman–Crippen MR) is 80.9 cm³/mol. The van der Waals surface area contributed by atoms with Crippen molar-refractivity contribution < 1.29 is 14.9 Å². The maximum Gasteiger partial charge on any atom is 0.157 e. The van der Waals surface area contributed by atoms with Gasteiger partial charge in [-0.1, -0.05) is 12.1 Å². The molecule has 1 unspecified atom stereocenters. The molecule has 3 rings (SSSR count). The van der Waals surface area contributed by atoms with Gasteiger partial charge in [-0.25, -0.2) is 0 Å². The fourth-order valence-electron chi connectivity index (χ4n) is 2.86. The van der Waals surface area contributed by atoms with Crippen LogP contribution in [0.5, 0.6) is 17.2 Å². The summed E-state index contributed by atoms with van der Waals surface area (Å²) in [6, 6.07) is 11.4. The standard InChI is InChI=1S/C17H19NO3/c1-21-13-4-3-12-6-7-18-15(14(12)10-13)8-11-2-5-16(19)17(20)9-11/h2-5,9-10,15,18-20H,6-8H2,1H3. The van der Waals surface area contributed by atoms with Crippen LogP contribution in [0.1, 0.15) is 22.7 Å². The number of nitrogens with one attached hydrogen (secondary N) is 1. The number of hydrogen-bond acceptors (Lipinski definition) is 4. The van der Waals surface area contributed by atoms with E-state index in [1.807, 2.05) is 12.1 Å². The normalized spacial score (nSPS) is 17.3. The lowest BCUT2D eigenvalue weighted by Crippen LogP contribution is -2.31. The van der Waals surface area contributed by atoms with E-state index < -0.39 is 0 Å². The molecule has 21 heavy (non-hydrogen) atoms. The lowest BCUT2D eigenvalue weighted by molar-refractivity contribution is 0.402. The molecule has 1 aliphatic heterocycles. The van der Waals surface area contributed by atoms with Crippen LogP contribution in [0.4, 0.5) is 0 Å². The zero-order valence-corrected chi connectivity index (χ0v) is 12.0. The molecule has 0 aromatic heterocycles. The second-order valence-electron chi connectivity index (χ2n) is 5.35. The highest BCUT2D eigenvalue weighted by Crippen LogP contribution is 2.31. The smallest absolute Gasteiger partial charge is 0.157 e. The van der Waals surface area contributed by atoms with Gasteiger partial charge in [-0.2, -0.15) is 0 Å². The second kappa shape index (κ2) is 5.66. The van der Waals surface area contributed by atoms with E-state index in [4.69, 9.17) is 4.74 Å². The molecule has 4 heteroatoms. The molecule has 2 aromatic carbocycles. The molecule has 0 bridgehead atoms. The minimum absolute atomic E-state index is 0.0748. The second-order valence-corrected chi connectivity index (χ2v) is 5.35. The fraction of sp³-hybridized carbons (Fsp3) is 0.294. The highest BCUT2D eigenvalue weighted by atomic mass is 16.5. The Hall–Kier alpha value is -2.20. The van der Waals surface area contributed by atoms with Crippen LogP contribution in [-0.2, 0) is 12.8 Å². The monoisotopic (exact) mass is 285 g/mol. The molecule has 4 nitrogen and oxygen atoms in total. The van der Waals surface area contributed by atoms with Gasteiger partial charge in [0, 0.05) is 6.04 Å². The van der Waals surface area contributed by atoms with Gasteiger partial charge in [0.15, 0.2) is 11.5 Å². The SMILES string of the molecule is COc1ccc2c(c1)C(Cc1ccc(O)c(O)c1)NCC2. The molecule has 1 atom stereocenters. The highest BCUT2D eigenvalue weighted by Gasteiger charge is 2.21. The van der Waals surface area contributed by atoms with E-state index in [9.17, 15) is 10.2 Å². The van der Waals surface area contributed by atoms with Gasteiger partial charge in [0.2, 0.25) is 0 Å². The molecular weight excluding hydrogens is 266 g/mol. The van der Waals surface area contributed by atoms with Crippen LogP contribution < -0.4 is 10.1 Å². The van der Waals surface area contributed by atoms with Crippen LogP contribution >= 0.6 is 0 Å². The van der Waals surface area contributed by atoms with Crippen molar-refractivity contribution in [3.8, 4) is 17.2 Å². The molecule has 0 aliphatic carbocycles. The number of phenolic OH excluding ortho intramolecular Hbond substituents is 2. The number of fused-ring (bicyclic) bond motifs is 1. The van der Waals surface area contributed by atoms with Crippen LogP contribution in [-0.4, -0.2) is 23.9 Å². The maximum atomic E-state index is 9.62. The molecule has 0 spiro atoms. The van der Waals surface area contributed by atoms with Gasteiger partial charge in [-0.15, -0.1) is 0 Å². The Morgan fingerprint density at radius 2 is 2.00 bits per heavy atom. The van der Waals surface area contributed by atoms with Gasteiger partial charge in [0.05, 0.1) is 7.11 Å². The average molecular weight is 285 g/mol. The molecule has 0 saturated heterocycles. The maximum absolute atomic E-state index is 9.62. The van der Waals surface area contributed by atoms with Crippen molar-refractivity contribution in [2.24, 2.45) is 0 Å². The molecular formula is C17H19NO3. The average Bonchev–Trinajstić information content (AvgIpc) is 2.51. The van der Waals surface area contributed by atoms with Crippen LogP contribution in [0.2, 0.25) is 0 Å². The first kappa shape index (κ1) is 13.8. The van der Waals surface area contributed by atoms with Gasteiger partial charge >= 0.3 is 0 Å². The van der Waals surface area contributed by atoms with E-state index in [1.165, 1.54) is 17.2 Å². The van der Waals surface area contributed by atoms with Gasteiger partial charge in [-0.05, 0) is 60.3 Å². The zero-order valence-electron chi connectivity index (χ0n) is 12.0. The number of rotatable bonds is 3. The Balaban J connectivity index is 1.88. The van der Waals surface area contributed by atoms with Crippen molar-refractivity contribution in [1.29, 1.82) is 0 Å². The largest absolute Gasteiger partial charge is 0.504 e. The van der Waals surface area contributed by atoms with Crippen molar-refractivity contribution in [3.05, 3.63) is 53.1 Å². The van der Waals surface area contributed by atoms with Gasteiger partial charge < -0.3 is 20.3 Å². The summed E-state index contributed by atoms with van der Waals surface area (Å²) in [7, 11) is 1.67. The molecule has 0 radical (unpaired) electrons. The Labute approximate surface area is 124 Å². The lowest BCUT2D eigenvalue weighted by atomic mass is 9.90. The highest BCUT2D eigenvalue weighted by molar-refractivity contribution is 5.43. The molecule has 0 fully saturated rings. The molecule has 1 heterocycles. The van der Waals surface area contributed by atoms with E-state index in [1.54, 1.807) is 13.2 Å². The van der Waals surface area contributed by atoms with Crippen molar-refractivity contribution >= 4 is 0 Å². The topological polar surface area (TPSA) is 61.7 Å². The predicted octanol–water partition coefficient (Wildman–Crippen LogP) is 2.54. The molecule has 0 amide bonds. The van der Waals surface area contributed by atoms with Crippen molar-refractivity contribution in [2.45, 2.75) is 18.9 Å². The van der Waals surface area contributed by atoms with Crippen molar-refractivity contribution in [2.75, 3.05) is 13.7 Å². The van der Waals surface area contributed by atoms with Crippen molar-refractivity contribution in [3.63, 3.8) is 0 Å². The Bertz CT molecular complexity index is 654. The van der Waals surface area contributed by atoms with Gasteiger partial charge in [-0.3, -0.25) is 0 Å². The number of phenols is 2. The third kappa shape index (κ3) is 2.81. The molecule has 3 N–H and O–H groups in total. The van der Waals surface area contributed by atoms with Crippen molar-refractivity contribution in [1.82, 2.24) is 5.32 Å². The first-order chi connectivity index (χ1) is 10.2. The number of ether oxygens (including phenoxy) is 1. The summed E-state index contributed by atoms with van der Waals surface area (Å²) >= 11 is 0. The number of benzene rings is 2. The summed E-state index contributed by atoms with van der Waals surface area (Å²) in [4.78, 5) is 0. The summed E-state index contributed by atoms with van der Waals surface area (Å²) in [5, 5.41) is 22.5. The quantitative estimate of drug-likeness (QED) is 0.758. The minimum atomic E-state index is -0.0857. The van der Waals surface area contributed by atoms with Crippen LogP contribution in [0.3, 0.4) is 0 Å². The minimum Gasteiger partial charge on any atom is -0.504 e. The lowest BCUT2D eigenvalue weighted by Gasteiger charge is -2.27. The fourth-order valence-corrected chi connectivity index (χ4v) is 2.86. The third-order valence-corrected chi connectivity index (χ3v) is 3.99. The summed E-state index contributed by atoms with van der Waals surface area (Å²) in [5.41, 5.74) is 3.56. The molecule has 110 valence electrons. The van der Waals surface area contributed by atoms with Crippen LogP contribution in [0, 0.1) is 0 Å². The number of aromatic hydroxyl groups is 2. The summed E-state index contributed by atoms with van der Waals surface area (Å²) in [6.45, 7) is 0.939. The van der Waals surface area contributed by atoms with Gasteiger partial charge in [0.1, 0.15) is 5.75 Å². The number of methoxy groups -OCH3 is 1. The summed E-state index contributed by atoms with van der Waals surface area (Å²) in [6.07, 6.45) is 1.77. The van der Waals surface area contributed by atoms with E-state index in [0.717, 1.165) is 30.7 Å². The summed E-state index contributed by atoms with van der Waals surface area (Å²) in [5.74, 6) is 0.697. The van der Waals surface area contributed by atoms with Crippen LogP contribution in [0.15, 0.2) is 36.4 Å². The molecule has 1 aliphatic rings. The van der Waals surface area contributed by atoms with E-state index >= 15 is 0 Å². The molecule has 0 saturated carbocycles. The van der Waals surface area contributed by atoms with E-state index in [0.29, 0.717) is 0 Å². The number of hydrogen-bond donors (Lipinski definition) is 3. The Kier molecular flexibility index (Phi) is 3.71. The third-order valence-electron chi connectivity index (χ3n) is 3.99. The first-order valence-corrected chi connectivity index (χ1v) is 7.08. The van der Waals surface area contributed by atoms with E-state index in [2.05, 4.69) is 17.4 Å².